The van der Waals surface area contributed by atoms with Crippen LogP contribution in [-0.4, -0.2) is 38.4 Å². The third kappa shape index (κ3) is 2.97. The predicted octanol–water partition coefficient (Wildman–Crippen LogP) is 2.54. The fourth-order valence-corrected chi connectivity index (χ4v) is 2.73. The lowest BCUT2D eigenvalue weighted by Gasteiger charge is -2.29. The number of hydrogen-bond acceptors (Lipinski definition) is 5. The average Bonchev–Trinajstić information content (AvgIpc) is 2.59. The maximum absolute atomic E-state index is 8.89. The van der Waals surface area contributed by atoms with Gasteiger partial charge in [0.2, 0.25) is 0 Å². The zero-order valence-electron chi connectivity index (χ0n) is 12.7. The van der Waals surface area contributed by atoms with E-state index in [2.05, 4.69) is 17.0 Å². The number of morpholine rings is 1. The van der Waals surface area contributed by atoms with Gasteiger partial charge in [-0.1, -0.05) is 0 Å². The van der Waals surface area contributed by atoms with Gasteiger partial charge in [-0.25, -0.2) is 4.98 Å². The van der Waals surface area contributed by atoms with Crippen molar-refractivity contribution in [2.45, 2.75) is 12.8 Å². The van der Waals surface area contributed by atoms with E-state index in [9.17, 15) is 0 Å². The highest BCUT2D eigenvalue weighted by Gasteiger charge is 2.17. The first-order valence-electron chi connectivity index (χ1n) is 7.49. The van der Waals surface area contributed by atoms with Crippen LogP contribution >= 0.6 is 0 Å². The van der Waals surface area contributed by atoms with Gasteiger partial charge in [0.05, 0.1) is 31.9 Å². The van der Waals surface area contributed by atoms with E-state index in [4.69, 9.17) is 19.7 Å². The van der Waals surface area contributed by atoms with Crippen LogP contribution in [0.25, 0.3) is 10.9 Å². The minimum Gasteiger partial charge on any atom is -0.497 e. The van der Waals surface area contributed by atoms with Crippen molar-refractivity contribution in [3.63, 3.8) is 0 Å². The topological polar surface area (TPSA) is 58.4 Å². The second kappa shape index (κ2) is 6.63. The lowest BCUT2D eigenvalue weighted by atomic mass is 10.1. The summed E-state index contributed by atoms with van der Waals surface area (Å²) in [5, 5.41) is 9.96. The van der Waals surface area contributed by atoms with Crippen molar-refractivity contribution in [1.82, 2.24) is 4.98 Å². The summed E-state index contributed by atoms with van der Waals surface area (Å²) in [5.41, 5.74) is 2.04. The molecule has 1 aromatic carbocycles. The van der Waals surface area contributed by atoms with Crippen molar-refractivity contribution in [3.8, 4) is 11.8 Å². The van der Waals surface area contributed by atoms with E-state index in [0.29, 0.717) is 6.42 Å². The summed E-state index contributed by atoms with van der Waals surface area (Å²) in [6.45, 7) is 3.11. The smallest absolute Gasteiger partial charge is 0.132 e. The van der Waals surface area contributed by atoms with E-state index < -0.39 is 0 Å². The van der Waals surface area contributed by atoms with Crippen molar-refractivity contribution < 1.29 is 9.47 Å². The van der Waals surface area contributed by atoms with Gasteiger partial charge in [-0.15, -0.1) is 0 Å². The number of anilines is 1. The molecule has 5 heteroatoms. The Morgan fingerprint density at radius 1 is 1.32 bits per heavy atom. The lowest BCUT2D eigenvalue weighted by Crippen LogP contribution is -2.37. The number of ether oxygens (including phenoxy) is 2. The summed E-state index contributed by atoms with van der Waals surface area (Å²) in [4.78, 5) is 7.09. The van der Waals surface area contributed by atoms with Gasteiger partial charge in [-0.2, -0.15) is 5.26 Å². The number of hydrogen-bond donors (Lipinski definition) is 0. The molecule has 0 aliphatic carbocycles. The number of methoxy groups -OCH3 is 1. The summed E-state index contributed by atoms with van der Waals surface area (Å²) in [6, 6.07) is 10.3. The SMILES string of the molecule is COc1ccc2cc(CCC#N)c(N3CCOCC3)nc2c1. The molecule has 114 valence electrons. The largest absolute Gasteiger partial charge is 0.497 e. The Balaban J connectivity index is 2.05. The summed E-state index contributed by atoms with van der Waals surface area (Å²) in [5.74, 6) is 1.78. The average molecular weight is 297 g/mol. The van der Waals surface area contributed by atoms with E-state index in [1.54, 1.807) is 7.11 Å². The van der Waals surface area contributed by atoms with Crippen LogP contribution in [0.4, 0.5) is 5.82 Å². The highest BCUT2D eigenvalue weighted by molar-refractivity contribution is 5.83. The Kier molecular flexibility index (Phi) is 4.40. The molecule has 2 aromatic rings. The van der Waals surface area contributed by atoms with Gasteiger partial charge in [0.15, 0.2) is 0 Å². The molecular formula is C17H19N3O2. The minimum absolute atomic E-state index is 0.501. The normalized spacial score (nSPS) is 14.8. The Hall–Kier alpha value is -2.32. The molecule has 5 nitrogen and oxygen atoms in total. The Morgan fingerprint density at radius 3 is 2.86 bits per heavy atom. The molecule has 0 radical (unpaired) electrons. The third-order valence-electron chi connectivity index (χ3n) is 3.90. The van der Waals surface area contributed by atoms with Crippen molar-refractivity contribution in [3.05, 3.63) is 29.8 Å². The number of aromatic nitrogens is 1. The van der Waals surface area contributed by atoms with Gasteiger partial charge in [-0.05, 0) is 30.2 Å². The first-order valence-corrected chi connectivity index (χ1v) is 7.49. The van der Waals surface area contributed by atoms with Gasteiger partial charge < -0.3 is 14.4 Å². The van der Waals surface area contributed by atoms with Crippen molar-refractivity contribution in [1.29, 1.82) is 5.26 Å². The molecule has 0 bridgehead atoms. The van der Waals surface area contributed by atoms with E-state index in [0.717, 1.165) is 60.8 Å². The van der Waals surface area contributed by atoms with Crippen LogP contribution in [0.15, 0.2) is 24.3 Å². The maximum atomic E-state index is 8.89. The molecule has 1 aliphatic heterocycles. The first kappa shape index (κ1) is 14.6. The third-order valence-corrected chi connectivity index (χ3v) is 3.90. The van der Waals surface area contributed by atoms with E-state index in [1.807, 2.05) is 18.2 Å². The Labute approximate surface area is 130 Å². The molecular weight excluding hydrogens is 278 g/mol. The number of nitrogens with zero attached hydrogens (tertiary/aromatic N) is 3. The standard InChI is InChI=1S/C17H19N3O2/c1-21-15-5-4-13-11-14(3-2-6-18)17(19-16(13)12-15)20-7-9-22-10-8-20/h4-5,11-12H,2-3,7-10H2,1H3. The first-order chi connectivity index (χ1) is 10.8. The van der Waals surface area contributed by atoms with Gasteiger partial charge in [-0.3, -0.25) is 0 Å². The molecule has 1 aliphatic rings. The monoisotopic (exact) mass is 297 g/mol. The van der Waals surface area contributed by atoms with Crippen LogP contribution < -0.4 is 9.64 Å². The molecule has 1 aromatic heterocycles. The second-order valence-corrected chi connectivity index (χ2v) is 5.29. The van der Waals surface area contributed by atoms with Crippen LogP contribution in [0.5, 0.6) is 5.75 Å². The van der Waals surface area contributed by atoms with Crippen LogP contribution in [0, 0.1) is 11.3 Å². The zero-order valence-corrected chi connectivity index (χ0v) is 12.7. The molecule has 1 fully saturated rings. The molecule has 0 N–H and O–H groups in total. The number of nitriles is 1. The second-order valence-electron chi connectivity index (χ2n) is 5.29. The summed E-state index contributed by atoms with van der Waals surface area (Å²) >= 11 is 0. The van der Waals surface area contributed by atoms with E-state index >= 15 is 0 Å². The van der Waals surface area contributed by atoms with Gasteiger partial charge in [0.25, 0.3) is 0 Å². The molecule has 3 rings (SSSR count). The van der Waals surface area contributed by atoms with Gasteiger partial charge in [0.1, 0.15) is 11.6 Å². The molecule has 0 amide bonds. The fourth-order valence-electron chi connectivity index (χ4n) is 2.73. The fraction of sp³-hybridized carbons (Fsp3) is 0.412. The predicted molar refractivity (Wildman–Crippen MR) is 85.3 cm³/mol. The number of fused-ring (bicyclic) bond motifs is 1. The van der Waals surface area contributed by atoms with Crippen LogP contribution in [0.3, 0.4) is 0 Å². The zero-order chi connectivity index (χ0) is 15.4. The lowest BCUT2D eigenvalue weighted by molar-refractivity contribution is 0.122. The summed E-state index contributed by atoms with van der Waals surface area (Å²) < 4.78 is 10.7. The Bertz CT molecular complexity index is 703. The van der Waals surface area contributed by atoms with Gasteiger partial charge >= 0.3 is 0 Å². The van der Waals surface area contributed by atoms with E-state index in [1.165, 1.54) is 0 Å². The maximum Gasteiger partial charge on any atom is 0.132 e. The van der Waals surface area contributed by atoms with Crippen LogP contribution in [0.1, 0.15) is 12.0 Å². The molecule has 1 saturated heterocycles. The quantitative estimate of drug-likeness (QED) is 0.868. The molecule has 0 unspecified atom stereocenters. The minimum atomic E-state index is 0.501. The summed E-state index contributed by atoms with van der Waals surface area (Å²) in [6.07, 6.45) is 1.22. The number of benzene rings is 1. The number of aryl methyl sites for hydroxylation is 1. The molecule has 2 heterocycles. The highest BCUT2D eigenvalue weighted by Crippen LogP contribution is 2.27. The summed E-state index contributed by atoms with van der Waals surface area (Å²) in [7, 11) is 1.66. The Morgan fingerprint density at radius 2 is 2.14 bits per heavy atom. The van der Waals surface area contributed by atoms with E-state index in [-0.39, 0.29) is 0 Å². The van der Waals surface area contributed by atoms with Crippen molar-refractivity contribution >= 4 is 16.7 Å². The van der Waals surface area contributed by atoms with Crippen molar-refractivity contribution in [2.24, 2.45) is 0 Å². The van der Waals surface area contributed by atoms with Crippen LogP contribution in [0.2, 0.25) is 0 Å². The number of pyridine rings is 1. The van der Waals surface area contributed by atoms with Crippen molar-refractivity contribution in [2.75, 3.05) is 38.3 Å². The molecule has 0 atom stereocenters. The van der Waals surface area contributed by atoms with Gasteiger partial charge in [0, 0.05) is 31.0 Å². The molecule has 0 saturated carbocycles. The number of rotatable bonds is 4. The molecule has 0 spiro atoms. The molecule has 22 heavy (non-hydrogen) atoms. The highest BCUT2D eigenvalue weighted by atomic mass is 16.5. The van der Waals surface area contributed by atoms with Crippen LogP contribution in [-0.2, 0) is 11.2 Å².